The van der Waals surface area contributed by atoms with Crippen molar-refractivity contribution in [1.29, 1.82) is 0 Å². The molecule has 0 spiro atoms. The number of amides is 1. The van der Waals surface area contributed by atoms with Crippen molar-refractivity contribution in [2.45, 2.75) is 28.8 Å². The third-order valence-corrected chi connectivity index (χ3v) is 7.03. The van der Waals surface area contributed by atoms with Gasteiger partial charge in [-0.25, -0.2) is 18.2 Å². The number of H-pyrrole nitrogens is 1. The van der Waals surface area contributed by atoms with E-state index in [9.17, 15) is 22.8 Å². The van der Waals surface area contributed by atoms with E-state index in [1.165, 1.54) is 24.3 Å². The second kappa shape index (κ2) is 10.5. The monoisotopic (exact) mass is 487 g/mol. The summed E-state index contributed by atoms with van der Waals surface area (Å²) in [6, 6.07) is 12.3. The minimum Gasteiger partial charge on any atom is -0.462 e. The number of sulfone groups is 1. The van der Waals surface area contributed by atoms with Gasteiger partial charge in [-0.1, -0.05) is 29.5 Å². The number of hydrogen-bond acceptors (Lipinski definition) is 8. The molecule has 1 amide bonds. The van der Waals surface area contributed by atoms with Crippen LogP contribution in [0.15, 0.2) is 74.5 Å². The normalized spacial score (nSPS) is 11.1. The smallest absolute Gasteiger partial charge is 0.338 e. The molecule has 9 nitrogen and oxygen atoms in total. The largest absolute Gasteiger partial charge is 0.462 e. The lowest BCUT2D eigenvalue weighted by atomic mass is 10.2. The zero-order valence-corrected chi connectivity index (χ0v) is 19.5. The molecule has 11 heteroatoms. The predicted octanol–water partition coefficient (Wildman–Crippen LogP) is 2.82. The molecule has 0 saturated carbocycles. The van der Waals surface area contributed by atoms with Gasteiger partial charge in [-0.3, -0.25) is 9.59 Å². The summed E-state index contributed by atoms with van der Waals surface area (Å²) in [5.74, 6) is -0.899. The minimum absolute atomic E-state index is 0.00541. The number of esters is 1. The van der Waals surface area contributed by atoms with Crippen LogP contribution in [0.25, 0.3) is 0 Å². The van der Waals surface area contributed by atoms with E-state index in [4.69, 9.17) is 4.74 Å². The molecule has 172 valence electrons. The van der Waals surface area contributed by atoms with Crippen LogP contribution in [-0.4, -0.2) is 42.6 Å². The van der Waals surface area contributed by atoms with Gasteiger partial charge in [-0.05, 0) is 50.2 Å². The van der Waals surface area contributed by atoms with Crippen molar-refractivity contribution in [3.05, 3.63) is 76.2 Å². The lowest BCUT2D eigenvalue weighted by Gasteiger charge is -2.07. The Morgan fingerprint density at radius 3 is 2.36 bits per heavy atom. The number of carbonyl (C=O) groups is 2. The van der Waals surface area contributed by atoms with Gasteiger partial charge in [0.1, 0.15) is 0 Å². The van der Waals surface area contributed by atoms with Crippen LogP contribution in [-0.2, 0) is 19.4 Å². The van der Waals surface area contributed by atoms with Crippen LogP contribution in [0.3, 0.4) is 0 Å². The van der Waals surface area contributed by atoms with Gasteiger partial charge in [0.2, 0.25) is 15.7 Å². The zero-order valence-electron chi connectivity index (χ0n) is 17.8. The number of rotatable bonds is 8. The zero-order chi connectivity index (χ0) is 24.0. The second-order valence-electron chi connectivity index (χ2n) is 6.83. The van der Waals surface area contributed by atoms with Crippen molar-refractivity contribution in [1.82, 2.24) is 9.97 Å². The Bertz CT molecular complexity index is 1320. The number of nitrogens with one attached hydrogen (secondary N) is 2. The molecule has 1 heterocycles. The lowest BCUT2D eigenvalue weighted by Crippen LogP contribution is -2.20. The number of ether oxygens (including phenoxy) is 1. The Kier molecular flexibility index (Phi) is 7.67. The molecule has 0 aliphatic carbocycles. The van der Waals surface area contributed by atoms with E-state index < -0.39 is 26.3 Å². The Labute approximate surface area is 194 Å². The maximum atomic E-state index is 12.7. The van der Waals surface area contributed by atoms with Crippen LogP contribution >= 0.6 is 11.8 Å². The fourth-order valence-corrected chi connectivity index (χ4v) is 4.58. The molecular weight excluding hydrogens is 466 g/mol. The van der Waals surface area contributed by atoms with Crippen molar-refractivity contribution < 1.29 is 22.7 Å². The second-order valence-corrected chi connectivity index (χ2v) is 9.72. The number of aromatic amines is 1. The highest BCUT2D eigenvalue weighted by Gasteiger charge is 2.22. The van der Waals surface area contributed by atoms with E-state index in [1.54, 1.807) is 31.2 Å². The quantitative estimate of drug-likeness (QED) is 0.281. The Morgan fingerprint density at radius 2 is 1.76 bits per heavy atom. The van der Waals surface area contributed by atoms with Crippen LogP contribution in [0.5, 0.6) is 0 Å². The number of benzene rings is 2. The first-order valence-corrected chi connectivity index (χ1v) is 12.3. The molecule has 2 N–H and O–H groups in total. The van der Waals surface area contributed by atoms with Crippen molar-refractivity contribution >= 4 is 39.2 Å². The van der Waals surface area contributed by atoms with Gasteiger partial charge in [0.25, 0.3) is 5.56 Å². The van der Waals surface area contributed by atoms with Crippen LogP contribution < -0.4 is 10.9 Å². The summed E-state index contributed by atoms with van der Waals surface area (Å²) in [5.41, 5.74) is 0.922. The average Bonchev–Trinajstić information content (AvgIpc) is 2.78. The summed E-state index contributed by atoms with van der Waals surface area (Å²) >= 11 is 0.946. The number of aryl methyl sites for hydroxylation is 1. The Balaban J connectivity index is 1.62. The van der Waals surface area contributed by atoms with Crippen LogP contribution in [0.4, 0.5) is 5.69 Å². The van der Waals surface area contributed by atoms with E-state index >= 15 is 0 Å². The van der Waals surface area contributed by atoms with Crippen LogP contribution in [0.2, 0.25) is 0 Å². The molecule has 0 radical (unpaired) electrons. The van der Waals surface area contributed by atoms with E-state index in [0.29, 0.717) is 11.3 Å². The maximum Gasteiger partial charge on any atom is 0.338 e. The molecule has 0 aliphatic rings. The Hall–Kier alpha value is -3.44. The van der Waals surface area contributed by atoms with Crippen LogP contribution in [0, 0.1) is 6.92 Å². The third-order valence-electron chi connectivity index (χ3n) is 4.38. The molecule has 3 rings (SSSR count). The highest BCUT2D eigenvalue weighted by atomic mass is 32.2. The molecule has 2 aromatic carbocycles. The molecule has 3 aromatic rings. The molecule has 0 saturated heterocycles. The molecule has 1 aromatic heterocycles. The summed E-state index contributed by atoms with van der Waals surface area (Å²) in [6.07, 6.45) is 0.988. The van der Waals surface area contributed by atoms with Crippen LogP contribution in [0.1, 0.15) is 22.8 Å². The predicted molar refractivity (Wildman–Crippen MR) is 123 cm³/mol. The first kappa shape index (κ1) is 24.2. The molecular formula is C22H21N3O6S2. The summed E-state index contributed by atoms with van der Waals surface area (Å²) in [5, 5.41) is 2.77. The van der Waals surface area contributed by atoms with Gasteiger partial charge in [0.15, 0.2) is 10.1 Å². The van der Waals surface area contributed by atoms with E-state index in [0.717, 1.165) is 23.5 Å². The van der Waals surface area contributed by atoms with Gasteiger partial charge >= 0.3 is 5.97 Å². The van der Waals surface area contributed by atoms with E-state index in [1.807, 2.05) is 6.92 Å². The number of nitrogens with zero attached hydrogens (tertiary/aromatic N) is 1. The summed E-state index contributed by atoms with van der Waals surface area (Å²) in [4.78, 5) is 42.1. The highest BCUT2D eigenvalue weighted by molar-refractivity contribution is 7.99. The molecule has 0 fully saturated rings. The number of anilines is 1. The summed E-state index contributed by atoms with van der Waals surface area (Å²) in [6.45, 7) is 3.80. The fourth-order valence-electron chi connectivity index (χ4n) is 2.71. The molecule has 0 bridgehead atoms. The molecule has 0 unspecified atom stereocenters. The van der Waals surface area contributed by atoms with Gasteiger partial charge < -0.3 is 15.0 Å². The number of thioether (sulfide) groups is 1. The number of carbonyl (C=O) groups excluding carboxylic acids is 2. The SMILES string of the molecule is CCOC(=O)c1ccc(NC(=O)CSc2ncc(S(=O)(=O)c3ccc(C)cc3)c(=O)[nH]2)cc1. The van der Waals surface area contributed by atoms with Crippen molar-refractivity contribution in [2.75, 3.05) is 17.7 Å². The summed E-state index contributed by atoms with van der Waals surface area (Å²) < 4.78 is 30.3. The van der Waals surface area contributed by atoms with Gasteiger partial charge in [-0.2, -0.15) is 0 Å². The average molecular weight is 488 g/mol. The minimum atomic E-state index is -4.02. The molecule has 0 atom stereocenters. The van der Waals surface area contributed by atoms with Crippen molar-refractivity contribution in [3.8, 4) is 0 Å². The Morgan fingerprint density at radius 1 is 1.09 bits per heavy atom. The lowest BCUT2D eigenvalue weighted by molar-refractivity contribution is -0.113. The number of aromatic nitrogens is 2. The van der Waals surface area contributed by atoms with E-state index in [2.05, 4.69) is 15.3 Å². The maximum absolute atomic E-state index is 12.7. The van der Waals surface area contributed by atoms with E-state index in [-0.39, 0.29) is 28.3 Å². The van der Waals surface area contributed by atoms with Gasteiger partial charge in [-0.15, -0.1) is 0 Å². The van der Waals surface area contributed by atoms with Gasteiger partial charge in [0, 0.05) is 5.69 Å². The highest BCUT2D eigenvalue weighted by Crippen LogP contribution is 2.19. The first-order valence-electron chi connectivity index (χ1n) is 9.81. The third kappa shape index (κ3) is 6.08. The van der Waals surface area contributed by atoms with Crippen molar-refractivity contribution in [3.63, 3.8) is 0 Å². The summed E-state index contributed by atoms with van der Waals surface area (Å²) in [7, 11) is -4.02. The standard InChI is InChI=1S/C22H21N3O6S2/c1-3-31-21(28)15-6-8-16(9-7-15)24-19(26)13-32-22-23-12-18(20(27)25-22)33(29,30)17-10-4-14(2)5-11-17/h4-12H,3,13H2,1-2H3,(H,24,26)(H,23,25,27). The number of hydrogen-bond donors (Lipinski definition) is 2. The fraction of sp³-hybridized carbons (Fsp3) is 0.182. The topological polar surface area (TPSA) is 135 Å². The molecule has 0 aliphatic heterocycles. The first-order chi connectivity index (χ1) is 15.7. The van der Waals surface area contributed by atoms with Gasteiger partial charge in [0.05, 0.1) is 29.0 Å². The van der Waals surface area contributed by atoms with Crippen molar-refractivity contribution in [2.24, 2.45) is 0 Å². The molecule has 33 heavy (non-hydrogen) atoms.